The minimum absolute atomic E-state index is 0.0105. The number of hydrogen-bond donors (Lipinski definition) is 3. The zero-order valence-corrected chi connectivity index (χ0v) is 22.4. The topological polar surface area (TPSA) is 120 Å². The van der Waals surface area contributed by atoms with Gasteiger partial charge in [0.1, 0.15) is 11.6 Å². The van der Waals surface area contributed by atoms with Crippen LogP contribution in [0.25, 0.3) is 33.5 Å². The summed E-state index contributed by atoms with van der Waals surface area (Å²) in [6.45, 7) is 5.90. The number of amides is 2. The number of benzene rings is 2. The molecule has 0 atom stereocenters. The van der Waals surface area contributed by atoms with Gasteiger partial charge >= 0.3 is 0 Å². The summed E-state index contributed by atoms with van der Waals surface area (Å²) < 4.78 is 5.39. The standard InChI is InChI=1S/C30H33N5O4/c1-18(2)30(38)35-13-10-19(11-14-35)17-32-28(37)21-6-8-24-25(16-21)34-27(33-24)23-15-20(7-9-26(23)36)22-5-4-12-31-29(22)39-3/h4-9,12,15-16,18-19,36H,10-11,13-14,17H2,1-3H3,(H,32,37)(H,33,34). The molecule has 0 bridgehead atoms. The van der Waals surface area contributed by atoms with Crippen molar-refractivity contribution >= 4 is 22.8 Å². The van der Waals surface area contributed by atoms with Crippen molar-refractivity contribution in [3.63, 3.8) is 0 Å². The first-order valence-electron chi connectivity index (χ1n) is 13.2. The largest absolute Gasteiger partial charge is 0.507 e. The van der Waals surface area contributed by atoms with E-state index < -0.39 is 0 Å². The second-order valence-electron chi connectivity index (χ2n) is 10.2. The maximum atomic E-state index is 12.9. The predicted molar refractivity (Wildman–Crippen MR) is 149 cm³/mol. The number of carbonyl (C=O) groups excluding carboxylic acids is 2. The highest BCUT2D eigenvalue weighted by Gasteiger charge is 2.24. The third-order valence-corrected chi connectivity index (χ3v) is 7.24. The van der Waals surface area contributed by atoms with E-state index in [0.717, 1.165) is 42.6 Å². The number of nitrogens with zero attached hydrogens (tertiary/aromatic N) is 3. The van der Waals surface area contributed by atoms with E-state index in [4.69, 9.17) is 4.74 Å². The number of aromatic nitrogens is 3. The lowest BCUT2D eigenvalue weighted by molar-refractivity contribution is -0.135. The molecule has 3 N–H and O–H groups in total. The molecule has 0 unspecified atom stereocenters. The monoisotopic (exact) mass is 527 g/mol. The summed E-state index contributed by atoms with van der Waals surface area (Å²) in [5.41, 5.74) is 4.06. The molecule has 2 amide bonds. The molecule has 2 aromatic carbocycles. The Morgan fingerprint density at radius 1 is 1.13 bits per heavy atom. The SMILES string of the molecule is COc1ncccc1-c1ccc(O)c(-c2nc3cc(C(=O)NCC4CCN(C(=O)C(C)C)CC4)ccc3[nH]2)c1. The van der Waals surface area contributed by atoms with Gasteiger partial charge < -0.3 is 25.0 Å². The summed E-state index contributed by atoms with van der Waals surface area (Å²) in [5.74, 6) is 1.46. The Morgan fingerprint density at radius 3 is 2.67 bits per heavy atom. The molecule has 1 aliphatic heterocycles. The summed E-state index contributed by atoms with van der Waals surface area (Å²) in [7, 11) is 1.57. The number of ether oxygens (including phenoxy) is 1. The molecule has 0 aliphatic carbocycles. The van der Waals surface area contributed by atoms with Crippen LogP contribution in [0.4, 0.5) is 0 Å². The lowest BCUT2D eigenvalue weighted by atomic mass is 9.96. The Labute approximate surface area is 227 Å². The maximum absolute atomic E-state index is 12.9. The van der Waals surface area contributed by atoms with Gasteiger partial charge in [-0.25, -0.2) is 9.97 Å². The Kier molecular flexibility index (Phi) is 7.49. The summed E-state index contributed by atoms with van der Waals surface area (Å²) in [6.07, 6.45) is 3.43. The van der Waals surface area contributed by atoms with Crippen LogP contribution >= 0.6 is 0 Å². The number of fused-ring (bicyclic) bond motifs is 1. The second-order valence-corrected chi connectivity index (χ2v) is 10.2. The number of phenolic OH excluding ortho intramolecular Hbond substituents is 1. The first kappa shape index (κ1) is 26.2. The molecule has 1 aliphatic rings. The zero-order chi connectivity index (χ0) is 27.5. The Bertz CT molecular complexity index is 1500. The summed E-state index contributed by atoms with van der Waals surface area (Å²) in [4.78, 5) is 39.2. The van der Waals surface area contributed by atoms with Crippen molar-refractivity contribution in [1.29, 1.82) is 0 Å². The van der Waals surface area contributed by atoms with Crippen LogP contribution in [-0.2, 0) is 4.79 Å². The minimum atomic E-state index is -0.157. The van der Waals surface area contributed by atoms with Crippen LogP contribution < -0.4 is 10.1 Å². The molecule has 0 spiro atoms. The van der Waals surface area contributed by atoms with Gasteiger partial charge in [0.25, 0.3) is 5.91 Å². The molecule has 1 fully saturated rings. The number of aromatic hydroxyl groups is 1. The van der Waals surface area contributed by atoms with Crippen LogP contribution in [0.3, 0.4) is 0 Å². The number of imidazole rings is 1. The maximum Gasteiger partial charge on any atom is 0.251 e. The van der Waals surface area contributed by atoms with Gasteiger partial charge in [-0.15, -0.1) is 0 Å². The lowest BCUT2D eigenvalue weighted by Gasteiger charge is -2.33. The summed E-state index contributed by atoms with van der Waals surface area (Å²) >= 11 is 0. The van der Waals surface area contributed by atoms with Crippen molar-refractivity contribution < 1.29 is 19.4 Å². The highest BCUT2D eigenvalue weighted by Crippen LogP contribution is 2.35. The van der Waals surface area contributed by atoms with E-state index in [1.807, 2.05) is 43.0 Å². The first-order chi connectivity index (χ1) is 18.8. The number of rotatable bonds is 7. The number of pyridine rings is 1. The number of phenols is 1. The fraction of sp³-hybridized carbons (Fsp3) is 0.333. The molecular formula is C30H33N5O4. The van der Waals surface area contributed by atoms with E-state index in [1.54, 1.807) is 37.6 Å². The minimum Gasteiger partial charge on any atom is -0.507 e. The molecule has 9 heteroatoms. The van der Waals surface area contributed by atoms with Gasteiger partial charge in [-0.1, -0.05) is 19.9 Å². The smallest absolute Gasteiger partial charge is 0.251 e. The number of likely N-dealkylation sites (tertiary alicyclic amines) is 1. The molecule has 9 nitrogen and oxygen atoms in total. The van der Waals surface area contributed by atoms with Crippen molar-refractivity contribution in [2.24, 2.45) is 11.8 Å². The van der Waals surface area contributed by atoms with Crippen LogP contribution in [-0.4, -0.2) is 63.5 Å². The Balaban J connectivity index is 1.29. The van der Waals surface area contributed by atoms with Crippen LogP contribution in [0.1, 0.15) is 37.0 Å². The molecule has 0 saturated carbocycles. The number of nitrogens with one attached hydrogen (secondary N) is 2. The highest BCUT2D eigenvalue weighted by molar-refractivity contribution is 5.97. The second kappa shape index (κ2) is 11.1. The van der Waals surface area contributed by atoms with E-state index in [1.165, 1.54) is 0 Å². The molecule has 202 valence electrons. The van der Waals surface area contributed by atoms with E-state index in [-0.39, 0.29) is 23.5 Å². The fourth-order valence-corrected chi connectivity index (χ4v) is 5.00. The van der Waals surface area contributed by atoms with Crippen molar-refractivity contribution in [3.05, 3.63) is 60.3 Å². The van der Waals surface area contributed by atoms with Crippen molar-refractivity contribution in [1.82, 2.24) is 25.2 Å². The zero-order valence-electron chi connectivity index (χ0n) is 22.4. The quantitative estimate of drug-likeness (QED) is 0.322. The van der Waals surface area contributed by atoms with E-state index in [2.05, 4.69) is 20.3 Å². The molecule has 5 rings (SSSR count). The van der Waals surface area contributed by atoms with Gasteiger partial charge in [0.05, 0.1) is 23.7 Å². The van der Waals surface area contributed by atoms with Gasteiger partial charge in [-0.3, -0.25) is 9.59 Å². The number of methoxy groups -OCH3 is 1. The van der Waals surface area contributed by atoms with Crippen molar-refractivity contribution in [3.8, 4) is 34.1 Å². The number of H-pyrrole nitrogens is 1. The van der Waals surface area contributed by atoms with Gasteiger partial charge in [0, 0.05) is 42.9 Å². The molecule has 3 heterocycles. The average Bonchev–Trinajstić information content (AvgIpc) is 3.39. The van der Waals surface area contributed by atoms with Gasteiger partial charge in [0.2, 0.25) is 11.8 Å². The average molecular weight is 528 g/mol. The fourth-order valence-electron chi connectivity index (χ4n) is 5.00. The van der Waals surface area contributed by atoms with E-state index >= 15 is 0 Å². The van der Waals surface area contributed by atoms with Crippen LogP contribution in [0.5, 0.6) is 11.6 Å². The van der Waals surface area contributed by atoms with Crippen LogP contribution in [0.2, 0.25) is 0 Å². The van der Waals surface area contributed by atoms with Crippen molar-refractivity contribution in [2.75, 3.05) is 26.7 Å². The number of hydrogen-bond acceptors (Lipinski definition) is 6. The summed E-state index contributed by atoms with van der Waals surface area (Å²) in [6, 6.07) is 14.3. The number of aromatic amines is 1. The molecule has 4 aromatic rings. The van der Waals surface area contributed by atoms with Gasteiger partial charge in [-0.05, 0) is 66.8 Å². The predicted octanol–water partition coefficient (Wildman–Crippen LogP) is 4.63. The third-order valence-electron chi connectivity index (χ3n) is 7.24. The Morgan fingerprint density at radius 2 is 1.92 bits per heavy atom. The number of carbonyl (C=O) groups is 2. The molecule has 39 heavy (non-hydrogen) atoms. The van der Waals surface area contributed by atoms with Gasteiger partial charge in [0.15, 0.2) is 0 Å². The summed E-state index contributed by atoms with van der Waals surface area (Å²) in [5, 5.41) is 13.7. The molecule has 0 radical (unpaired) electrons. The molecule has 2 aromatic heterocycles. The van der Waals surface area contributed by atoms with Crippen LogP contribution in [0.15, 0.2) is 54.7 Å². The molecular weight excluding hydrogens is 494 g/mol. The molecule has 1 saturated heterocycles. The number of piperidine rings is 1. The van der Waals surface area contributed by atoms with Crippen molar-refractivity contribution in [2.45, 2.75) is 26.7 Å². The third kappa shape index (κ3) is 5.57. The van der Waals surface area contributed by atoms with E-state index in [0.29, 0.717) is 40.8 Å². The van der Waals surface area contributed by atoms with Crippen LogP contribution in [0, 0.1) is 11.8 Å². The lowest BCUT2D eigenvalue weighted by Crippen LogP contribution is -2.43. The Hall–Kier alpha value is -4.40. The van der Waals surface area contributed by atoms with E-state index in [9.17, 15) is 14.7 Å². The normalized spacial score (nSPS) is 14.1. The van der Waals surface area contributed by atoms with Gasteiger partial charge in [-0.2, -0.15) is 0 Å². The highest BCUT2D eigenvalue weighted by atomic mass is 16.5. The first-order valence-corrected chi connectivity index (χ1v) is 13.2.